The average molecular weight is 439 g/mol. The Hall–Kier alpha value is -3.02. The third-order valence-corrected chi connectivity index (χ3v) is 6.02. The summed E-state index contributed by atoms with van der Waals surface area (Å²) in [4.78, 5) is 26.0. The molecule has 2 aromatic carbocycles. The van der Waals surface area contributed by atoms with Crippen LogP contribution in [0.1, 0.15) is 69.1 Å². The SMILES string of the molecule is CC(C)c1ccc(CNC(=O)N2CCCC(c3cccc(OC(C)(C)C(=O)O)c3)C2)cc1. The third-order valence-electron chi connectivity index (χ3n) is 6.02. The molecule has 2 amide bonds. The summed E-state index contributed by atoms with van der Waals surface area (Å²) in [5.74, 6) is 0.197. The maximum Gasteiger partial charge on any atom is 0.347 e. The van der Waals surface area contributed by atoms with Crippen molar-refractivity contribution in [1.82, 2.24) is 10.2 Å². The van der Waals surface area contributed by atoms with Gasteiger partial charge < -0.3 is 20.1 Å². The summed E-state index contributed by atoms with van der Waals surface area (Å²) in [6.45, 7) is 9.26. The highest BCUT2D eigenvalue weighted by Crippen LogP contribution is 2.30. The fourth-order valence-electron chi connectivity index (χ4n) is 3.91. The number of benzene rings is 2. The minimum absolute atomic E-state index is 0.0537. The van der Waals surface area contributed by atoms with Gasteiger partial charge in [-0.3, -0.25) is 0 Å². The van der Waals surface area contributed by atoms with Gasteiger partial charge in [-0.1, -0.05) is 50.2 Å². The number of nitrogens with one attached hydrogen (secondary N) is 1. The van der Waals surface area contributed by atoms with Crippen LogP contribution in [0.3, 0.4) is 0 Å². The van der Waals surface area contributed by atoms with Crippen LogP contribution in [0.15, 0.2) is 48.5 Å². The number of aliphatic carboxylic acids is 1. The number of nitrogens with zero attached hydrogens (tertiary/aromatic N) is 1. The van der Waals surface area contributed by atoms with Crippen LogP contribution in [0.5, 0.6) is 5.75 Å². The van der Waals surface area contributed by atoms with Crippen LogP contribution in [0, 0.1) is 0 Å². The molecule has 1 heterocycles. The van der Waals surface area contributed by atoms with Crippen molar-refractivity contribution >= 4 is 12.0 Å². The number of hydrogen-bond acceptors (Lipinski definition) is 3. The quantitative estimate of drug-likeness (QED) is 0.627. The summed E-state index contributed by atoms with van der Waals surface area (Å²) in [6.07, 6.45) is 1.90. The second-order valence-corrected chi connectivity index (χ2v) is 9.33. The van der Waals surface area contributed by atoms with Crippen LogP contribution in [0.4, 0.5) is 4.79 Å². The molecular formula is C26H34N2O4. The van der Waals surface area contributed by atoms with Gasteiger partial charge in [-0.2, -0.15) is 0 Å². The van der Waals surface area contributed by atoms with E-state index >= 15 is 0 Å². The normalized spacial score (nSPS) is 16.7. The lowest BCUT2D eigenvalue weighted by Gasteiger charge is -2.33. The van der Waals surface area contributed by atoms with E-state index in [4.69, 9.17) is 4.74 Å². The summed E-state index contributed by atoms with van der Waals surface area (Å²) < 4.78 is 5.69. The number of urea groups is 1. The third kappa shape index (κ3) is 6.02. The lowest BCUT2D eigenvalue weighted by atomic mass is 9.90. The predicted octanol–water partition coefficient (Wildman–Crippen LogP) is 5.14. The Labute approximate surface area is 190 Å². The van der Waals surface area contributed by atoms with Gasteiger partial charge in [0.15, 0.2) is 5.60 Å². The van der Waals surface area contributed by atoms with Crippen molar-refractivity contribution in [2.24, 2.45) is 0 Å². The minimum Gasteiger partial charge on any atom is -0.478 e. The summed E-state index contributed by atoms with van der Waals surface area (Å²) in [5, 5.41) is 12.4. The molecule has 0 bridgehead atoms. The van der Waals surface area contributed by atoms with Gasteiger partial charge in [0.25, 0.3) is 0 Å². The lowest BCUT2D eigenvalue weighted by molar-refractivity contribution is -0.152. The molecular weight excluding hydrogens is 404 g/mol. The van der Waals surface area contributed by atoms with E-state index in [0.717, 1.165) is 30.5 Å². The van der Waals surface area contributed by atoms with E-state index in [9.17, 15) is 14.7 Å². The topological polar surface area (TPSA) is 78.9 Å². The molecule has 0 radical (unpaired) electrons. The zero-order chi connectivity index (χ0) is 23.3. The number of piperidine rings is 1. The molecule has 2 aromatic rings. The van der Waals surface area contributed by atoms with E-state index in [1.54, 1.807) is 6.07 Å². The average Bonchev–Trinajstić information content (AvgIpc) is 2.77. The number of carboxylic acids is 1. The Morgan fingerprint density at radius 3 is 2.56 bits per heavy atom. The van der Waals surface area contributed by atoms with Gasteiger partial charge in [0.05, 0.1) is 0 Å². The first-order chi connectivity index (χ1) is 15.2. The maximum absolute atomic E-state index is 12.8. The molecule has 1 aliphatic heterocycles. The highest BCUT2D eigenvalue weighted by molar-refractivity contribution is 5.76. The number of likely N-dealkylation sites (tertiary alicyclic amines) is 1. The van der Waals surface area contributed by atoms with Crippen LogP contribution < -0.4 is 10.1 Å². The molecule has 3 rings (SSSR count). The zero-order valence-corrected chi connectivity index (χ0v) is 19.4. The summed E-state index contributed by atoms with van der Waals surface area (Å²) in [6, 6.07) is 15.9. The van der Waals surface area contributed by atoms with Crippen LogP contribution in [0.25, 0.3) is 0 Å². The van der Waals surface area contributed by atoms with E-state index in [-0.39, 0.29) is 11.9 Å². The largest absolute Gasteiger partial charge is 0.478 e. The Morgan fingerprint density at radius 1 is 1.19 bits per heavy atom. The summed E-state index contributed by atoms with van der Waals surface area (Å²) >= 11 is 0. The molecule has 0 aliphatic carbocycles. The highest BCUT2D eigenvalue weighted by atomic mass is 16.5. The van der Waals surface area contributed by atoms with Gasteiger partial charge in [-0.15, -0.1) is 0 Å². The van der Waals surface area contributed by atoms with Crippen LogP contribution >= 0.6 is 0 Å². The molecule has 1 unspecified atom stereocenters. The molecule has 6 heteroatoms. The Morgan fingerprint density at radius 2 is 1.91 bits per heavy atom. The summed E-state index contributed by atoms with van der Waals surface area (Å²) in [5.41, 5.74) is 2.13. The Bertz CT molecular complexity index is 937. The van der Waals surface area contributed by atoms with Crippen molar-refractivity contribution in [3.05, 3.63) is 65.2 Å². The number of amides is 2. The number of carbonyl (C=O) groups is 2. The molecule has 6 nitrogen and oxygen atoms in total. The first-order valence-electron chi connectivity index (χ1n) is 11.3. The number of rotatable bonds is 7. The standard InChI is InChI=1S/C26H34N2O4/c1-18(2)20-12-10-19(11-13-20)16-27-25(31)28-14-6-8-22(17-28)21-7-5-9-23(15-21)32-26(3,4)24(29)30/h5,7,9-13,15,18,22H,6,8,14,16-17H2,1-4H3,(H,27,31)(H,29,30). The Balaban J connectivity index is 1.59. The van der Waals surface area contributed by atoms with Crippen molar-refractivity contribution in [2.75, 3.05) is 13.1 Å². The van der Waals surface area contributed by atoms with Crippen LogP contribution in [-0.4, -0.2) is 40.7 Å². The molecule has 172 valence electrons. The van der Waals surface area contributed by atoms with Gasteiger partial charge >= 0.3 is 12.0 Å². The molecule has 32 heavy (non-hydrogen) atoms. The number of carbonyl (C=O) groups excluding carboxylic acids is 1. The van der Waals surface area contributed by atoms with Crippen molar-refractivity contribution in [2.45, 2.75) is 64.5 Å². The van der Waals surface area contributed by atoms with E-state index < -0.39 is 11.6 Å². The van der Waals surface area contributed by atoms with Crippen molar-refractivity contribution in [3.63, 3.8) is 0 Å². The van der Waals surface area contributed by atoms with Crippen LogP contribution in [0.2, 0.25) is 0 Å². The van der Waals surface area contributed by atoms with Crippen molar-refractivity contribution in [1.29, 1.82) is 0 Å². The second kappa shape index (κ2) is 10.1. The number of carboxylic acid groups (broad SMARTS) is 1. The number of ether oxygens (including phenoxy) is 1. The first kappa shape index (κ1) is 23.6. The van der Waals surface area contributed by atoms with Crippen LogP contribution in [-0.2, 0) is 11.3 Å². The number of hydrogen-bond donors (Lipinski definition) is 2. The van der Waals surface area contributed by atoms with Gasteiger partial charge in [0.1, 0.15) is 5.75 Å². The monoisotopic (exact) mass is 438 g/mol. The van der Waals surface area contributed by atoms with Gasteiger partial charge in [0, 0.05) is 25.6 Å². The fourth-order valence-corrected chi connectivity index (χ4v) is 3.91. The Kier molecular flexibility index (Phi) is 7.44. The minimum atomic E-state index is -1.30. The molecule has 1 saturated heterocycles. The molecule has 1 fully saturated rings. The van der Waals surface area contributed by atoms with Gasteiger partial charge in [-0.25, -0.2) is 9.59 Å². The molecule has 2 N–H and O–H groups in total. The second-order valence-electron chi connectivity index (χ2n) is 9.33. The van der Waals surface area contributed by atoms with Crippen molar-refractivity contribution in [3.8, 4) is 5.75 Å². The van der Waals surface area contributed by atoms with E-state index in [0.29, 0.717) is 24.8 Å². The first-order valence-corrected chi connectivity index (χ1v) is 11.3. The fraction of sp³-hybridized carbons (Fsp3) is 0.462. The highest BCUT2D eigenvalue weighted by Gasteiger charge is 2.30. The molecule has 1 aliphatic rings. The van der Waals surface area contributed by atoms with E-state index in [2.05, 4.69) is 43.4 Å². The van der Waals surface area contributed by atoms with Gasteiger partial charge in [-0.05, 0) is 61.4 Å². The maximum atomic E-state index is 12.8. The molecule has 0 aromatic heterocycles. The molecule has 0 spiro atoms. The smallest absolute Gasteiger partial charge is 0.347 e. The van der Waals surface area contributed by atoms with E-state index in [1.165, 1.54) is 19.4 Å². The zero-order valence-electron chi connectivity index (χ0n) is 19.4. The van der Waals surface area contributed by atoms with E-state index in [1.807, 2.05) is 23.1 Å². The predicted molar refractivity (Wildman–Crippen MR) is 125 cm³/mol. The summed E-state index contributed by atoms with van der Waals surface area (Å²) in [7, 11) is 0. The van der Waals surface area contributed by atoms with Crippen molar-refractivity contribution < 1.29 is 19.4 Å². The van der Waals surface area contributed by atoms with Gasteiger partial charge in [0.2, 0.25) is 0 Å². The molecule has 0 saturated carbocycles. The molecule has 1 atom stereocenters. The lowest BCUT2D eigenvalue weighted by Crippen LogP contribution is -2.44.